The molecule has 0 fully saturated rings. The van der Waals surface area contributed by atoms with Crippen molar-refractivity contribution in [3.8, 4) is 0 Å². The quantitative estimate of drug-likeness (QED) is 0.779. The van der Waals surface area contributed by atoms with Gasteiger partial charge < -0.3 is 10.4 Å². The maximum absolute atomic E-state index is 12.2. The summed E-state index contributed by atoms with van der Waals surface area (Å²) in [4.78, 5) is 21.7. The molecular formula is C9H11F6NO3. The van der Waals surface area contributed by atoms with Crippen molar-refractivity contribution in [2.24, 2.45) is 11.8 Å². The van der Waals surface area contributed by atoms with Gasteiger partial charge in [-0.05, 0) is 5.92 Å². The first kappa shape index (κ1) is 17.5. The highest BCUT2D eigenvalue weighted by Crippen LogP contribution is 2.39. The molecule has 0 aromatic heterocycles. The number of aliphatic carboxylic acids is 1. The van der Waals surface area contributed by atoms with E-state index in [1.165, 1.54) is 19.2 Å². The first-order valence-electron chi connectivity index (χ1n) is 4.95. The average molecular weight is 295 g/mol. The zero-order valence-corrected chi connectivity index (χ0v) is 9.76. The molecule has 0 bridgehead atoms. The van der Waals surface area contributed by atoms with Gasteiger partial charge in [0.05, 0.1) is 0 Å². The fourth-order valence-electron chi connectivity index (χ4n) is 1.23. The minimum absolute atomic E-state index is 0.872. The SMILES string of the molecule is CC(C)[C@@H](NC(=O)C(C(F)(F)F)C(F)(F)F)C(=O)O. The van der Waals surface area contributed by atoms with Gasteiger partial charge in [-0.3, -0.25) is 4.79 Å². The summed E-state index contributed by atoms with van der Waals surface area (Å²) in [5.41, 5.74) is 0. The number of carboxylic acids is 1. The summed E-state index contributed by atoms with van der Waals surface area (Å²) in [6.07, 6.45) is -11.7. The van der Waals surface area contributed by atoms with Crippen molar-refractivity contribution < 1.29 is 41.0 Å². The maximum Gasteiger partial charge on any atom is 0.409 e. The van der Waals surface area contributed by atoms with Gasteiger partial charge in [-0.15, -0.1) is 0 Å². The molecule has 0 aliphatic heterocycles. The van der Waals surface area contributed by atoms with Crippen molar-refractivity contribution in [1.82, 2.24) is 5.32 Å². The van der Waals surface area contributed by atoms with Crippen LogP contribution in [0.4, 0.5) is 26.3 Å². The van der Waals surface area contributed by atoms with Crippen LogP contribution >= 0.6 is 0 Å². The van der Waals surface area contributed by atoms with Crippen molar-refractivity contribution in [1.29, 1.82) is 0 Å². The lowest BCUT2D eigenvalue weighted by molar-refractivity contribution is -0.274. The summed E-state index contributed by atoms with van der Waals surface area (Å²) in [6, 6.07) is -1.83. The Balaban J connectivity index is 5.20. The Labute approximate surface area is 103 Å². The van der Waals surface area contributed by atoms with E-state index < -0.39 is 42.1 Å². The molecule has 0 saturated carbocycles. The number of hydrogen-bond donors (Lipinski definition) is 2. The molecule has 4 nitrogen and oxygen atoms in total. The van der Waals surface area contributed by atoms with Crippen LogP contribution < -0.4 is 5.32 Å². The van der Waals surface area contributed by atoms with Gasteiger partial charge in [0.1, 0.15) is 6.04 Å². The summed E-state index contributed by atoms with van der Waals surface area (Å²) in [5.74, 6) is -9.27. The molecule has 1 atom stereocenters. The fraction of sp³-hybridized carbons (Fsp3) is 0.778. The van der Waals surface area contributed by atoms with Crippen molar-refractivity contribution in [2.75, 3.05) is 0 Å². The van der Waals surface area contributed by atoms with Crippen LogP contribution in [0.2, 0.25) is 0 Å². The number of rotatable bonds is 4. The van der Waals surface area contributed by atoms with Gasteiger partial charge >= 0.3 is 18.3 Å². The molecule has 0 aliphatic carbocycles. The number of nitrogens with one attached hydrogen (secondary N) is 1. The molecular weight excluding hydrogens is 284 g/mol. The van der Waals surface area contributed by atoms with Crippen LogP contribution in [0.25, 0.3) is 0 Å². The number of carbonyl (C=O) groups is 2. The monoisotopic (exact) mass is 295 g/mol. The summed E-state index contributed by atoms with van der Waals surface area (Å²) < 4.78 is 73.1. The third kappa shape index (κ3) is 4.95. The van der Waals surface area contributed by atoms with Gasteiger partial charge in [0, 0.05) is 0 Å². The topological polar surface area (TPSA) is 66.4 Å². The third-order valence-corrected chi connectivity index (χ3v) is 2.15. The van der Waals surface area contributed by atoms with Crippen LogP contribution in [-0.2, 0) is 9.59 Å². The largest absolute Gasteiger partial charge is 0.480 e. The van der Waals surface area contributed by atoms with E-state index in [0.717, 1.165) is 0 Å². The standard InChI is InChI=1S/C9H11F6NO3/c1-3(2)4(7(18)19)16-6(17)5(8(10,11)12)9(13,14)15/h3-5H,1-2H3,(H,16,17)(H,18,19)/t4-/m1/s1. The van der Waals surface area contributed by atoms with E-state index >= 15 is 0 Å². The van der Waals surface area contributed by atoms with E-state index in [2.05, 4.69) is 0 Å². The van der Waals surface area contributed by atoms with Crippen molar-refractivity contribution >= 4 is 11.9 Å². The maximum atomic E-state index is 12.2. The second-order valence-corrected chi connectivity index (χ2v) is 4.08. The number of carboxylic acid groups (broad SMARTS) is 1. The summed E-state index contributed by atoms with van der Waals surface area (Å²) in [7, 11) is 0. The number of halogens is 6. The predicted molar refractivity (Wildman–Crippen MR) is 50.0 cm³/mol. The highest BCUT2D eigenvalue weighted by atomic mass is 19.4. The van der Waals surface area contributed by atoms with Gasteiger partial charge in [-0.25, -0.2) is 4.79 Å². The summed E-state index contributed by atoms with van der Waals surface area (Å²) in [5, 5.41) is 9.85. The lowest BCUT2D eigenvalue weighted by atomic mass is 10.0. The number of hydrogen-bond acceptors (Lipinski definition) is 2. The highest BCUT2D eigenvalue weighted by Gasteiger charge is 2.61. The Morgan fingerprint density at radius 1 is 1.00 bits per heavy atom. The van der Waals surface area contributed by atoms with Gasteiger partial charge in [0.15, 0.2) is 0 Å². The lowest BCUT2D eigenvalue weighted by Crippen LogP contribution is -2.53. The van der Waals surface area contributed by atoms with Gasteiger partial charge in [-0.2, -0.15) is 26.3 Å². The summed E-state index contributed by atoms with van der Waals surface area (Å²) >= 11 is 0. The first-order valence-corrected chi connectivity index (χ1v) is 4.95. The minimum atomic E-state index is -5.84. The number of amides is 1. The van der Waals surface area contributed by atoms with E-state index in [1.54, 1.807) is 0 Å². The van der Waals surface area contributed by atoms with Crippen LogP contribution in [0, 0.1) is 11.8 Å². The van der Waals surface area contributed by atoms with Gasteiger partial charge in [-0.1, -0.05) is 13.8 Å². The van der Waals surface area contributed by atoms with Crippen LogP contribution in [-0.4, -0.2) is 35.4 Å². The van der Waals surface area contributed by atoms with Crippen LogP contribution in [0.1, 0.15) is 13.8 Å². The molecule has 0 aliphatic rings. The first-order chi connectivity index (χ1) is 8.28. The van der Waals surface area contributed by atoms with Gasteiger partial charge in [0.2, 0.25) is 11.8 Å². The van der Waals surface area contributed by atoms with E-state index in [-0.39, 0.29) is 0 Å². The molecule has 112 valence electrons. The molecule has 0 aromatic carbocycles. The Kier molecular flexibility index (Phi) is 5.22. The molecule has 0 heterocycles. The molecule has 0 rings (SSSR count). The Hall–Kier alpha value is -1.48. The van der Waals surface area contributed by atoms with Crippen molar-refractivity contribution in [3.63, 3.8) is 0 Å². The predicted octanol–water partition coefficient (Wildman–Crippen LogP) is 1.95. The molecule has 0 radical (unpaired) electrons. The number of alkyl halides is 6. The van der Waals surface area contributed by atoms with E-state index in [1.807, 2.05) is 0 Å². The van der Waals surface area contributed by atoms with Crippen LogP contribution in [0.15, 0.2) is 0 Å². The zero-order valence-electron chi connectivity index (χ0n) is 9.76. The van der Waals surface area contributed by atoms with Gasteiger partial charge in [0.25, 0.3) is 0 Å². The average Bonchev–Trinajstić information content (AvgIpc) is 2.07. The summed E-state index contributed by atoms with van der Waals surface area (Å²) in [6.45, 7) is 2.46. The fourth-order valence-corrected chi connectivity index (χ4v) is 1.23. The molecule has 0 saturated heterocycles. The molecule has 0 aromatic rings. The molecule has 1 amide bonds. The number of carbonyl (C=O) groups excluding carboxylic acids is 1. The normalized spacial score (nSPS) is 14.6. The Bertz CT molecular complexity index is 335. The van der Waals surface area contributed by atoms with E-state index in [4.69, 9.17) is 5.11 Å². The molecule has 10 heteroatoms. The Morgan fingerprint density at radius 3 is 1.58 bits per heavy atom. The second kappa shape index (κ2) is 5.66. The zero-order chi connectivity index (χ0) is 15.6. The smallest absolute Gasteiger partial charge is 0.409 e. The molecule has 2 N–H and O–H groups in total. The van der Waals surface area contributed by atoms with E-state index in [9.17, 15) is 35.9 Å². The molecule has 19 heavy (non-hydrogen) atoms. The highest BCUT2D eigenvalue weighted by molar-refractivity contribution is 5.86. The van der Waals surface area contributed by atoms with E-state index in [0.29, 0.717) is 0 Å². The van der Waals surface area contributed by atoms with Crippen molar-refractivity contribution in [2.45, 2.75) is 32.2 Å². The molecule has 0 spiro atoms. The molecule has 0 unspecified atom stereocenters. The second-order valence-electron chi connectivity index (χ2n) is 4.08. The van der Waals surface area contributed by atoms with Crippen LogP contribution in [0.3, 0.4) is 0 Å². The third-order valence-electron chi connectivity index (χ3n) is 2.15. The van der Waals surface area contributed by atoms with Crippen molar-refractivity contribution in [3.05, 3.63) is 0 Å². The lowest BCUT2D eigenvalue weighted by Gasteiger charge is -2.25. The Morgan fingerprint density at radius 2 is 1.37 bits per heavy atom. The minimum Gasteiger partial charge on any atom is -0.480 e. The van der Waals surface area contributed by atoms with Crippen LogP contribution in [0.5, 0.6) is 0 Å².